The number of benzene rings is 2. The Morgan fingerprint density at radius 3 is 2.77 bits per heavy atom. The van der Waals surface area contributed by atoms with Crippen LogP contribution in [0.2, 0.25) is 5.02 Å². The second kappa shape index (κ2) is 8.32. The molecule has 0 spiro atoms. The number of carbonyl (C=O) groups is 1. The number of ether oxygens (including phenoxy) is 3. The van der Waals surface area contributed by atoms with Crippen LogP contribution in [0.1, 0.15) is 19.4 Å². The van der Waals surface area contributed by atoms with E-state index in [0.717, 1.165) is 11.3 Å². The van der Waals surface area contributed by atoms with Crippen molar-refractivity contribution in [3.05, 3.63) is 47.0 Å². The smallest absolute Gasteiger partial charge is 0.231 e. The first kappa shape index (κ1) is 18.4. The Kier molecular flexibility index (Phi) is 5.89. The molecule has 6 heteroatoms. The van der Waals surface area contributed by atoms with Crippen molar-refractivity contribution in [3.8, 4) is 17.2 Å². The Hall–Kier alpha value is -2.40. The standard InChI is InChI=1S/C20H22ClNO4/c1-3-24-16-6-8-19(25-4-2)17(11-16)22-20(23)14-9-13-10-15(21)5-7-18(13)26-12-14/h5-8,10-11,14H,3-4,9,12H2,1-2H3,(H,22,23). The Labute approximate surface area is 158 Å². The van der Waals surface area contributed by atoms with Gasteiger partial charge in [-0.1, -0.05) is 11.6 Å². The molecular formula is C20H22ClNO4. The predicted molar refractivity (Wildman–Crippen MR) is 102 cm³/mol. The van der Waals surface area contributed by atoms with Crippen molar-refractivity contribution in [2.24, 2.45) is 5.92 Å². The monoisotopic (exact) mass is 375 g/mol. The molecule has 0 saturated carbocycles. The molecule has 1 amide bonds. The topological polar surface area (TPSA) is 56.8 Å². The van der Waals surface area contributed by atoms with E-state index in [9.17, 15) is 4.79 Å². The van der Waals surface area contributed by atoms with Crippen molar-refractivity contribution in [2.45, 2.75) is 20.3 Å². The molecule has 0 aromatic heterocycles. The van der Waals surface area contributed by atoms with E-state index in [1.807, 2.05) is 32.0 Å². The molecule has 26 heavy (non-hydrogen) atoms. The molecule has 0 bridgehead atoms. The van der Waals surface area contributed by atoms with E-state index in [1.165, 1.54) is 0 Å². The third kappa shape index (κ3) is 4.22. The molecule has 1 unspecified atom stereocenters. The zero-order chi connectivity index (χ0) is 18.5. The van der Waals surface area contributed by atoms with Gasteiger partial charge in [-0.2, -0.15) is 0 Å². The maximum Gasteiger partial charge on any atom is 0.231 e. The fourth-order valence-corrected chi connectivity index (χ4v) is 3.11. The van der Waals surface area contributed by atoms with Gasteiger partial charge in [-0.05, 0) is 56.2 Å². The number of nitrogens with one attached hydrogen (secondary N) is 1. The summed E-state index contributed by atoms with van der Waals surface area (Å²) in [6.07, 6.45) is 0.580. The minimum atomic E-state index is -0.300. The lowest BCUT2D eigenvalue weighted by molar-refractivity contribution is -0.121. The van der Waals surface area contributed by atoms with Gasteiger partial charge in [0.05, 0.1) is 24.8 Å². The number of halogens is 1. The molecular weight excluding hydrogens is 354 g/mol. The van der Waals surface area contributed by atoms with Gasteiger partial charge in [0.1, 0.15) is 23.9 Å². The van der Waals surface area contributed by atoms with Gasteiger partial charge < -0.3 is 19.5 Å². The van der Waals surface area contributed by atoms with Gasteiger partial charge >= 0.3 is 0 Å². The Morgan fingerprint density at radius 2 is 2.00 bits per heavy atom. The summed E-state index contributed by atoms with van der Waals surface area (Å²) in [5.74, 6) is 1.66. The first-order chi connectivity index (χ1) is 12.6. The molecule has 5 nitrogen and oxygen atoms in total. The molecule has 1 atom stereocenters. The van der Waals surface area contributed by atoms with Crippen LogP contribution >= 0.6 is 11.6 Å². The Bertz CT molecular complexity index is 793. The number of amides is 1. The van der Waals surface area contributed by atoms with Crippen molar-refractivity contribution in [2.75, 3.05) is 25.1 Å². The molecule has 0 aliphatic carbocycles. The molecule has 138 valence electrons. The highest BCUT2D eigenvalue weighted by atomic mass is 35.5. The van der Waals surface area contributed by atoms with E-state index >= 15 is 0 Å². The molecule has 2 aromatic rings. The predicted octanol–water partition coefficient (Wildman–Crippen LogP) is 4.33. The van der Waals surface area contributed by atoms with E-state index in [2.05, 4.69) is 5.32 Å². The first-order valence-corrected chi connectivity index (χ1v) is 9.10. The SMILES string of the molecule is CCOc1ccc(OCC)c(NC(=O)C2COc3ccc(Cl)cc3C2)c1. The quantitative estimate of drug-likeness (QED) is 0.816. The van der Waals surface area contributed by atoms with Gasteiger partial charge in [0.25, 0.3) is 0 Å². The summed E-state index contributed by atoms with van der Waals surface area (Å²) < 4.78 is 16.8. The van der Waals surface area contributed by atoms with E-state index in [-0.39, 0.29) is 11.8 Å². The maximum atomic E-state index is 12.8. The lowest BCUT2D eigenvalue weighted by atomic mass is 9.96. The highest BCUT2D eigenvalue weighted by Crippen LogP contribution is 2.33. The molecule has 3 rings (SSSR count). The minimum Gasteiger partial charge on any atom is -0.494 e. The van der Waals surface area contributed by atoms with Gasteiger partial charge in [0, 0.05) is 11.1 Å². The van der Waals surface area contributed by atoms with Crippen LogP contribution in [0, 0.1) is 5.92 Å². The van der Waals surface area contributed by atoms with E-state index in [0.29, 0.717) is 48.5 Å². The Balaban J connectivity index is 1.76. The van der Waals surface area contributed by atoms with Gasteiger partial charge in [-0.15, -0.1) is 0 Å². The van der Waals surface area contributed by atoms with Crippen LogP contribution < -0.4 is 19.5 Å². The van der Waals surface area contributed by atoms with Crippen LogP contribution in [0.5, 0.6) is 17.2 Å². The van der Waals surface area contributed by atoms with Crippen LogP contribution in [0.3, 0.4) is 0 Å². The van der Waals surface area contributed by atoms with Crippen molar-refractivity contribution >= 4 is 23.2 Å². The summed E-state index contributed by atoms with van der Waals surface area (Å²) in [6.45, 7) is 5.20. The number of fused-ring (bicyclic) bond motifs is 1. The third-order valence-corrected chi connectivity index (χ3v) is 4.35. The highest BCUT2D eigenvalue weighted by Gasteiger charge is 2.27. The molecule has 1 aliphatic heterocycles. The molecule has 1 heterocycles. The molecule has 2 aromatic carbocycles. The number of anilines is 1. The fourth-order valence-electron chi connectivity index (χ4n) is 2.91. The van der Waals surface area contributed by atoms with Gasteiger partial charge in [0.2, 0.25) is 5.91 Å². The lowest BCUT2D eigenvalue weighted by Gasteiger charge is -2.25. The van der Waals surface area contributed by atoms with E-state index in [1.54, 1.807) is 18.2 Å². The number of carbonyl (C=O) groups excluding carboxylic acids is 1. The van der Waals surface area contributed by atoms with Gasteiger partial charge in [-0.3, -0.25) is 4.79 Å². The minimum absolute atomic E-state index is 0.120. The normalized spacial score (nSPS) is 15.6. The van der Waals surface area contributed by atoms with E-state index < -0.39 is 0 Å². The van der Waals surface area contributed by atoms with Gasteiger partial charge in [-0.25, -0.2) is 0 Å². The molecule has 1 aliphatic rings. The summed E-state index contributed by atoms with van der Waals surface area (Å²) in [7, 11) is 0. The Morgan fingerprint density at radius 1 is 1.19 bits per heavy atom. The van der Waals surface area contributed by atoms with Crippen molar-refractivity contribution in [1.82, 2.24) is 0 Å². The molecule has 0 fully saturated rings. The summed E-state index contributed by atoms with van der Waals surface area (Å²) in [6, 6.07) is 10.9. The average Bonchev–Trinajstić information content (AvgIpc) is 2.63. The van der Waals surface area contributed by atoms with Crippen LogP contribution in [0.15, 0.2) is 36.4 Å². The summed E-state index contributed by atoms with van der Waals surface area (Å²) in [5, 5.41) is 3.59. The average molecular weight is 376 g/mol. The van der Waals surface area contributed by atoms with Gasteiger partial charge in [0.15, 0.2) is 0 Å². The third-order valence-electron chi connectivity index (χ3n) is 4.12. The van der Waals surface area contributed by atoms with Crippen LogP contribution in [-0.2, 0) is 11.2 Å². The molecule has 0 saturated heterocycles. The van der Waals surface area contributed by atoms with Crippen LogP contribution in [-0.4, -0.2) is 25.7 Å². The van der Waals surface area contributed by atoms with Crippen molar-refractivity contribution in [1.29, 1.82) is 0 Å². The van der Waals surface area contributed by atoms with E-state index in [4.69, 9.17) is 25.8 Å². The highest BCUT2D eigenvalue weighted by molar-refractivity contribution is 6.30. The number of hydrogen-bond acceptors (Lipinski definition) is 4. The van der Waals surface area contributed by atoms with Crippen molar-refractivity contribution in [3.63, 3.8) is 0 Å². The maximum absolute atomic E-state index is 12.8. The summed E-state index contributed by atoms with van der Waals surface area (Å²) in [4.78, 5) is 12.8. The second-order valence-corrected chi connectivity index (χ2v) is 6.41. The van der Waals surface area contributed by atoms with Crippen molar-refractivity contribution < 1.29 is 19.0 Å². The molecule has 0 radical (unpaired) electrons. The summed E-state index contributed by atoms with van der Waals surface area (Å²) in [5.41, 5.74) is 1.54. The molecule has 1 N–H and O–H groups in total. The van der Waals surface area contributed by atoms with Crippen LogP contribution in [0.25, 0.3) is 0 Å². The largest absolute Gasteiger partial charge is 0.494 e. The summed E-state index contributed by atoms with van der Waals surface area (Å²) >= 11 is 6.05. The fraction of sp³-hybridized carbons (Fsp3) is 0.350. The zero-order valence-electron chi connectivity index (χ0n) is 14.9. The van der Waals surface area contributed by atoms with Crippen LogP contribution in [0.4, 0.5) is 5.69 Å². The number of hydrogen-bond donors (Lipinski definition) is 1. The second-order valence-electron chi connectivity index (χ2n) is 5.98. The number of rotatable bonds is 6. The first-order valence-electron chi connectivity index (χ1n) is 8.72. The lowest BCUT2D eigenvalue weighted by Crippen LogP contribution is -2.32. The zero-order valence-corrected chi connectivity index (χ0v) is 15.6.